The monoisotopic (exact) mass is 398 g/mol. The van der Waals surface area contributed by atoms with E-state index >= 15 is 0 Å². The van der Waals surface area contributed by atoms with Gasteiger partial charge in [0.25, 0.3) is 0 Å². The van der Waals surface area contributed by atoms with Crippen LogP contribution in [0, 0.1) is 13.8 Å². The lowest BCUT2D eigenvalue weighted by atomic mass is 10.2. The average molecular weight is 399 g/mol. The number of aryl methyl sites for hydroxylation is 2. The summed E-state index contributed by atoms with van der Waals surface area (Å²) in [5.41, 5.74) is 1.62. The number of aromatic nitrogens is 2. The van der Waals surface area contributed by atoms with E-state index in [1.165, 1.54) is 8.61 Å². The second kappa shape index (κ2) is 7.10. The molecule has 26 heavy (non-hydrogen) atoms. The van der Waals surface area contributed by atoms with Crippen LogP contribution in [0.2, 0.25) is 0 Å². The van der Waals surface area contributed by atoms with Crippen molar-refractivity contribution in [2.45, 2.75) is 24.5 Å². The molecule has 0 radical (unpaired) electrons. The number of hydrogen-bond donors (Lipinski definition) is 1. The van der Waals surface area contributed by atoms with Gasteiger partial charge in [0.2, 0.25) is 20.0 Å². The lowest BCUT2D eigenvalue weighted by Gasteiger charge is -2.33. The normalized spacial score (nSPS) is 17.5. The van der Waals surface area contributed by atoms with E-state index in [1.54, 1.807) is 38.1 Å². The lowest BCUT2D eigenvalue weighted by Crippen LogP contribution is -2.50. The van der Waals surface area contributed by atoms with Crippen molar-refractivity contribution in [3.05, 3.63) is 47.3 Å². The fraction of sp³-hybridized carbons (Fsp3) is 0.438. The Morgan fingerprint density at radius 3 is 2.08 bits per heavy atom. The summed E-state index contributed by atoms with van der Waals surface area (Å²) in [6.07, 6.45) is 0. The SMILES string of the molecule is Cc1n[nH]c(C)c1S(=O)(=O)N1CCN(S(=O)(=O)Cc2ccccc2)CC1. The Hall–Kier alpha value is -1.75. The van der Waals surface area contributed by atoms with E-state index in [0.29, 0.717) is 17.0 Å². The van der Waals surface area contributed by atoms with Gasteiger partial charge in [-0.05, 0) is 19.4 Å². The van der Waals surface area contributed by atoms with Crippen LogP contribution in [0.25, 0.3) is 0 Å². The van der Waals surface area contributed by atoms with Crippen LogP contribution in [-0.2, 0) is 25.8 Å². The molecule has 3 rings (SSSR count). The Kier molecular flexibility index (Phi) is 5.20. The molecule has 1 aromatic carbocycles. The first-order valence-corrected chi connectivity index (χ1v) is 11.3. The van der Waals surface area contributed by atoms with Crippen LogP contribution in [0.4, 0.5) is 0 Å². The molecule has 142 valence electrons. The van der Waals surface area contributed by atoms with E-state index < -0.39 is 20.0 Å². The Morgan fingerprint density at radius 2 is 1.54 bits per heavy atom. The first-order valence-electron chi connectivity index (χ1n) is 8.25. The van der Waals surface area contributed by atoms with Crippen LogP contribution >= 0.6 is 0 Å². The Bertz CT molecular complexity index is 957. The number of rotatable bonds is 5. The highest BCUT2D eigenvalue weighted by Crippen LogP contribution is 2.23. The first-order chi connectivity index (χ1) is 12.2. The van der Waals surface area contributed by atoms with Crippen molar-refractivity contribution < 1.29 is 16.8 Å². The van der Waals surface area contributed by atoms with Crippen LogP contribution in [0.1, 0.15) is 17.0 Å². The number of benzene rings is 1. The van der Waals surface area contributed by atoms with Crippen LogP contribution in [-0.4, -0.2) is 61.8 Å². The molecule has 0 atom stereocenters. The summed E-state index contributed by atoms with van der Waals surface area (Å²) >= 11 is 0. The summed E-state index contributed by atoms with van der Waals surface area (Å²) < 4.78 is 53.5. The summed E-state index contributed by atoms with van der Waals surface area (Å²) in [6, 6.07) is 8.96. The minimum absolute atomic E-state index is 0.0828. The summed E-state index contributed by atoms with van der Waals surface area (Å²) in [5.74, 6) is -0.0828. The molecule has 1 aromatic heterocycles. The number of nitrogens with one attached hydrogen (secondary N) is 1. The van der Waals surface area contributed by atoms with Gasteiger partial charge in [0.05, 0.1) is 17.1 Å². The van der Waals surface area contributed by atoms with Gasteiger partial charge in [0.1, 0.15) is 4.90 Å². The molecule has 1 fully saturated rings. The van der Waals surface area contributed by atoms with E-state index in [-0.39, 0.29) is 36.8 Å². The molecule has 0 saturated carbocycles. The van der Waals surface area contributed by atoms with Crippen LogP contribution in [0.3, 0.4) is 0 Å². The number of sulfonamides is 2. The maximum atomic E-state index is 12.8. The molecule has 0 aliphatic carbocycles. The van der Waals surface area contributed by atoms with Crippen molar-refractivity contribution in [2.24, 2.45) is 0 Å². The van der Waals surface area contributed by atoms with Gasteiger partial charge in [0, 0.05) is 26.2 Å². The standard InChI is InChI=1S/C16H22N4O4S2/c1-13-16(14(2)18-17-13)26(23,24)20-10-8-19(9-11-20)25(21,22)12-15-6-4-3-5-7-15/h3-7H,8-12H2,1-2H3,(H,17,18). The highest BCUT2D eigenvalue weighted by Gasteiger charge is 2.35. The topological polar surface area (TPSA) is 103 Å². The molecule has 0 amide bonds. The summed E-state index contributed by atoms with van der Waals surface area (Å²) in [5, 5.41) is 6.62. The highest BCUT2D eigenvalue weighted by atomic mass is 32.2. The molecule has 2 aromatic rings. The summed E-state index contributed by atoms with van der Waals surface area (Å²) in [4.78, 5) is 0.179. The lowest BCUT2D eigenvalue weighted by molar-refractivity contribution is 0.272. The predicted octanol–water partition coefficient (Wildman–Crippen LogP) is 0.863. The second-order valence-corrected chi connectivity index (χ2v) is 10.2. The number of H-pyrrole nitrogens is 1. The van der Waals surface area contributed by atoms with Crippen molar-refractivity contribution >= 4 is 20.0 Å². The fourth-order valence-electron chi connectivity index (χ4n) is 3.11. The molecule has 1 N–H and O–H groups in total. The van der Waals surface area contributed by atoms with E-state index in [1.807, 2.05) is 6.07 Å². The van der Waals surface area contributed by atoms with Gasteiger partial charge in [-0.15, -0.1) is 0 Å². The molecule has 0 unspecified atom stereocenters. The number of hydrogen-bond acceptors (Lipinski definition) is 5. The molecular weight excluding hydrogens is 376 g/mol. The predicted molar refractivity (Wildman–Crippen MR) is 97.5 cm³/mol. The van der Waals surface area contributed by atoms with E-state index in [9.17, 15) is 16.8 Å². The smallest absolute Gasteiger partial charge is 0.246 e. The molecule has 1 aliphatic heterocycles. The zero-order valence-corrected chi connectivity index (χ0v) is 16.3. The van der Waals surface area contributed by atoms with Crippen molar-refractivity contribution in [1.29, 1.82) is 0 Å². The van der Waals surface area contributed by atoms with E-state index in [2.05, 4.69) is 10.2 Å². The van der Waals surface area contributed by atoms with Gasteiger partial charge in [-0.2, -0.15) is 13.7 Å². The van der Waals surface area contributed by atoms with Crippen molar-refractivity contribution in [1.82, 2.24) is 18.8 Å². The van der Waals surface area contributed by atoms with Gasteiger partial charge < -0.3 is 0 Å². The zero-order valence-electron chi connectivity index (χ0n) is 14.7. The maximum Gasteiger partial charge on any atom is 0.246 e. The Labute approximate surface area is 153 Å². The van der Waals surface area contributed by atoms with Gasteiger partial charge in [0.15, 0.2) is 0 Å². The number of nitrogens with zero attached hydrogens (tertiary/aromatic N) is 3. The minimum atomic E-state index is -3.69. The maximum absolute atomic E-state index is 12.8. The first kappa shape index (κ1) is 19.0. The number of piperazine rings is 1. The van der Waals surface area contributed by atoms with E-state index in [0.717, 1.165) is 0 Å². The fourth-order valence-corrected chi connectivity index (χ4v) is 6.38. The third kappa shape index (κ3) is 3.68. The number of aromatic amines is 1. The molecule has 8 nitrogen and oxygen atoms in total. The van der Waals surface area contributed by atoms with Crippen molar-refractivity contribution in [2.75, 3.05) is 26.2 Å². The molecule has 0 bridgehead atoms. The van der Waals surface area contributed by atoms with Gasteiger partial charge in [-0.1, -0.05) is 30.3 Å². The largest absolute Gasteiger partial charge is 0.281 e. The minimum Gasteiger partial charge on any atom is -0.281 e. The van der Waals surface area contributed by atoms with Crippen LogP contribution in [0.15, 0.2) is 35.2 Å². The van der Waals surface area contributed by atoms with Crippen molar-refractivity contribution in [3.8, 4) is 0 Å². The third-order valence-electron chi connectivity index (χ3n) is 4.44. The summed E-state index contributed by atoms with van der Waals surface area (Å²) in [7, 11) is -7.17. The van der Waals surface area contributed by atoms with Gasteiger partial charge >= 0.3 is 0 Å². The molecule has 1 saturated heterocycles. The molecule has 1 aliphatic rings. The van der Waals surface area contributed by atoms with Crippen molar-refractivity contribution in [3.63, 3.8) is 0 Å². The second-order valence-electron chi connectivity index (χ2n) is 6.31. The quantitative estimate of drug-likeness (QED) is 0.805. The van der Waals surface area contributed by atoms with E-state index in [4.69, 9.17) is 0 Å². The Balaban J connectivity index is 1.71. The third-order valence-corrected chi connectivity index (χ3v) is 8.45. The summed E-state index contributed by atoms with van der Waals surface area (Å²) in [6.45, 7) is 3.83. The molecule has 10 heteroatoms. The molecule has 0 spiro atoms. The molecule has 2 heterocycles. The van der Waals surface area contributed by atoms with Gasteiger partial charge in [-0.3, -0.25) is 5.10 Å². The average Bonchev–Trinajstić information content (AvgIpc) is 2.95. The molecular formula is C16H22N4O4S2. The van der Waals surface area contributed by atoms with Gasteiger partial charge in [-0.25, -0.2) is 16.8 Å². The zero-order chi connectivity index (χ0) is 18.9. The van der Waals surface area contributed by atoms with Crippen LogP contribution in [0.5, 0.6) is 0 Å². The van der Waals surface area contributed by atoms with Crippen LogP contribution < -0.4 is 0 Å². The Morgan fingerprint density at radius 1 is 0.962 bits per heavy atom. The highest BCUT2D eigenvalue weighted by molar-refractivity contribution is 7.89.